The maximum atomic E-state index is 10.2. The first-order valence-electron chi connectivity index (χ1n) is 6.78. The van der Waals surface area contributed by atoms with Gasteiger partial charge in [0.05, 0.1) is 6.61 Å². The lowest BCUT2D eigenvalue weighted by atomic mass is 10.1. The van der Waals surface area contributed by atoms with E-state index in [0.29, 0.717) is 6.61 Å². The van der Waals surface area contributed by atoms with Gasteiger partial charge < -0.3 is 9.47 Å². The molecule has 0 atom stereocenters. The molecule has 0 N–H and O–H groups in total. The van der Waals surface area contributed by atoms with Gasteiger partial charge in [-0.15, -0.1) is 6.58 Å². The zero-order chi connectivity index (χ0) is 13.5. The molecule has 0 aliphatic heterocycles. The van der Waals surface area contributed by atoms with Crippen LogP contribution in [0.5, 0.6) is 0 Å². The molecule has 0 fully saturated rings. The fourth-order valence-corrected chi connectivity index (χ4v) is 1.74. The Kier molecular flexibility index (Phi) is 14.1. The molecule has 0 aromatic rings. The predicted molar refractivity (Wildman–Crippen MR) is 75.2 cm³/mol. The van der Waals surface area contributed by atoms with Crippen molar-refractivity contribution in [2.75, 3.05) is 19.8 Å². The molecule has 18 heavy (non-hydrogen) atoms. The van der Waals surface area contributed by atoms with Crippen LogP contribution in [0.15, 0.2) is 12.7 Å². The zero-order valence-corrected chi connectivity index (χ0v) is 11.9. The minimum atomic E-state index is -0.768. The lowest BCUT2D eigenvalue weighted by Crippen LogP contribution is -2.06. The summed E-state index contributed by atoms with van der Waals surface area (Å²) in [4.78, 5) is 10.2. The predicted octanol–water partition coefficient (Wildman–Crippen LogP) is 4.69. The molecule has 0 amide bonds. The second-order valence-corrected chi connectivity index (χ2v) is 4.56. The summed E-state index contributed by atoms with van der Waals surface area (Å²) in [6, 6.07) is 0. The molecule has 4 heteroatoms. The first-order valence-corrected chi connectivity index (χ1v) is 7.16. The Labute approximate surface area is 115 Å². The van der Waals surface area contributed by atoms with Gasteiger partial charge in [-0.1, -0.05) is 38.2 Å². The highest BCUT2D eigenvalue weighted by Gasteiger charge is 1.95. The molecule has 0 rings (SSSR count). The molecule has 0 radical (unpaired) electrons. The molecule has 0 spiro atoms. The van der Waals surface area contributed by atoms with Crippen LogP contribution in [-0.4, -0.2) is 25.2 Å². The maximum Gasteiger partial charge on any atom is 0.403 e. The molecule has 0 bridgehead atoms. The molecule has 0 aromatic heterocycles. The summed E-state index contributed by atoms with van der Waals surface area (Å²) in [5, 5.41) is 0. The standard InChI is InChI=1S/C14H25ClO3/c1-2-3-4-5-6-7-8-9-10-11-17-12-13-18-14(15)16/h2H,1,3-13H2. The van der Waals surface area contributed by atoms with Crippen LogP contribution in [0.2, 0.25) is 0 Å². The number of allylic oxidation sites excluding steroid dienone is 1. The van der Waals surface area contributed by atoms with Crippen molar-refractivity contribution in [1.29, 1.82) is 0 Å². The van der Waals surface area contributed by atoms with E-state index in [-0.39, 0.29) is 6.61 Å². The maximum absolute atomic E-state index is 10.2. The molecule has 0 aromatic carbocycles. The Balaban J connectivity index is 2.94. The van der Waals surface area contributed by atoms with E-state index in [1.54, 1.807) is 0 Å². The van der Waals surface area contributed by atoms with E-state index in [0.717, 1.165) is 19.4 Å². The van der Waals surface area contributed by atoms with Crippen molar-refractivity contribution in [3.8, 4) is 0 Å². The summed E-state index contributed by atoms with van der Waals surface area (Å²) < 4.78 is 9.82. The summed E-state index contributed by atoms with van der Waals surface area (Å²) in [6.45, 7) is 5.12. The third-order valence-electron chi connectivity index (χ3n) is 2.64. The second-order valence-electron chi connectivity index (χ2n) is 4.25. The van der Waals surface area contributed by atoms with Crippen LogP contribution in [0.1, 0.15) is 51.4 Å². The van der Waals surface area contributed by atoms with E-state index >= 15 is 0 Å². The number of hydrogen-bond acceptors (Lipinski definition) is 3. The number of rotatable bonds is 13. The van der Waals surface area contributed by atoms with Crippen molar-refractivity contribution in [1.82, 2.24) is 0 Å². The second kappa shape index (κ2) is 14.5. The molecule has 0 saturated carbocycles. The van der Waals surface area contributed by atoms with E-state index in [2.05, 4.69) is 11.3 Å². The van der Waals surface area contributed by atoms with Gasteiger partial charge >= 0.3 is 5.43 Å². The van der Waals surface area contributed by atoms with Crippen LogP contribution in [0.4, 0.5) is 4.79 Å². The average molecular weight is 277 g/mol. The summed E-state index contributed by atoms with van der Waals surface area (Å²) in [6.07, 6.45) is 11.9. The van der Waals surface area contributed by atoms with Crippen LogP contribution in [0.25, 0.3) is 0 Å². The van der Waals surface area contributed by atoms with E-state index in [9.17, 15) is 4.79 Å². The Morgan fingerprint density at radius 2 is 1.56 bits per heavy atom. The number of halogens is 1. The van der Waals surface area contributed by atoms with E-state index < -0.39 is 5.43 Å². The molecule has 0 aliphatic carbocycles. The van der Waals surface area contributed by atoms with E-state index in [1.165, 1.54) is 38.5 Å². The zero-order valence-electron chi connectivity index (χ0n) is 11.2. The number of hydrogen-bond donors (Lipinski definition) is 0. The van der Waals surface area contributed by atoms with Crippen LogP contribution in [0.3, 0.4) is 0 Å². The number of ether oxygens (including phenoxy) is 2. The molecular weight excluding hydrogens is 252 g/mol. The minimum Gasteiger partial charge on any atom is -0.451 e. The van der Waals surface area contributed by atoms with Crippen molar-refractivity contribution in [2.45, 2.75) is 51.4 Å². The van der Waals surface area contributed by atoms with Gasteiger partial charge in [0.1, 0.15) is 6.61 Å². The lowest BCUT2D eigenvalue weighted by molar-refractivity contribution is 0.0800. The van der Waals surface area contributed by atoms with Gasteiger partial charge in [-0.2, -0.15) is 0 Å². The molecule has 3 nitrogen and oxygen atoms in total. The molecule has 0 heterocycles. The van der Waals surface area contributed by atoms with Gasteiger partial charge in [-0.25, -0.2) is 4.79 Å². The Hall–Kier alpha value is -0.540. The van der Waals surface area contributed by atoms with Crippen LogP contribution < -0.4 is 0 Å². The average Bonchev–Trinajstić information content (AvgIpc) is 2.34. The smallest absolute Gasteiger partial charge is 0.403 e. The molecule has 0 unspecified atom stereocenters. The van der Waals surface area contributed by atoms with Gasteiger partial charge in [0.2, 0.25) is 0 Å². The van der Waals surface area contributed by atoms with E-state index in [4.69, 9.17) is 16.3 Å². The van der Waals surface area contributed by atoms with Crippen molar-refractivity contribution < 1.29 is 14.3 Å². The Bertz CT molecular complexity index is 207. The SMILES string of the molecule is C=CCCCCCCCCCOCCOC(=O)Cl. The van der Waals surface area contributed by atoms with Crippen molar-refractivity contribution >= 4 is 17.0 Å². The topological polar surface area (TPSA) is 35.5 Å². The van der Waals surface area contributed by atoms with E-state index in [1.807, 2.05) is 6.08 Å². The number of carbonyl (C=O) groups is 1. The normalized spacial score (nSPS) is 10.3. The highest BCUT2D eigenvalue weighted by atomic mass is 35.5. The number of carbonyl (C=O) groups excluding carboxylic acids is 1. The van der Waals surface area contributed by atoms with Crippen LogP contribution in [-0.2, 0) is 9.47 Å². The third-order valence-corrected chi connectivity index (χ3v) is 2.75. The molecule has 0 saturated heterocycles. The monoisotopic (exact) mass is 276 g/mol. The quantitative estimate of drug-likeness (QED) is 0.278. The molecular formula is C14H25ClO3. The summed E-state index contributed by atoms with van der Waals surface area (Å²) in [7, 11) is 0. The first kappa shape index (κ1) is 17.5. The van der Waals surface area contributed by atoms with Gasteiger partial charge in [0.25, 0.3) is 0 Å². The lowest BCUT2D eigenvalue weighted by Gasteiger charge is -2.04. The third kappa shape index (κ3) is 15.5. The molecule has 106 valence electrons. The Morgan fingerprint density at radius 1 is 0.944 bits per heavy atom. The molecule has 0 aliphatic rings. The van der Waals surface area contributed by atoms with Gasteiger partial charge in [-0.05, 0) is 19.3 Å². The van der Waals surface area contributed by atoms with Gasteiger partial charge in [0.15, 0.2) is 0 Å². The van der Waals surface area contributed by atoms with Crippen molar-refractivity contribution in [3.63, 3.8) is 0 Å². The highest BCUT2D eigenvalue weighted by molar-refractivity contribution is 6.61. The van der Waals surface area contributed by atoms with Crippen molar-refractivity contribution in [2.24, 2.45) is 0 Å². The van der Waals surface area contributed by atoms with Crippen molar-refractivity contribution in [3.05, 3.63) is 12.7 Å². The van der Waals surface area contributed by atoms with Gasteiger partial charge in [0, 0.05) is 18.2 Å². The van der Waals surface area contributed by atoms with Crippen LogP contribution >= 0.6 is 11.6 Å². The summed E-state index contributed by atoms with van der Waals surface area (Å²) >= 11 is 5.00. The largest absolute Gasteiger partial charge is 0.451 e. The number of unbranched alkanes of at least 4 members (excludes halogenated alkanes) is 7. The summed E-state index contributed by atoms with van der Waals surface area (Å²) in [5.41, 5.74) is -0.768. The van der Waals surface area contributed by atoms with Gasteiger partial charge in [-0.3, -0.25) is 0 Å². The Morgan fingerprint density at radius 3 is 2.17 bits per heavy atom. The fourth-order valence-electron chi connectivity index (χ4n) is 1.66. The fraction of sp³-hybridized carbons (Fsp3) is 0.786. The minimum absolute atomic E-state index is 0.242. The van der Waals surface area contributed by atoms with Crippen LogP contribution in [0, 0.1) is 0 Å². The summed E-state index contributed by atoms with van der Waals surface area (Å²) in [5.74, 6) is 0. The highest BCUT2D eigenvalue weighted by Crippen LogP contribution is 2.08. The first-order chi connectivity index (χ1) is 8.77.